The molecule has 0 spiro atoms. The summed E-state index contributed by atoms with van der Waals surface area (Å²) in [5.41, 5.74) is 0.792. The maximum Gasteiger partial charge on any atom is 0.339 e. The summed E-state index contributed by atoms with van der Waals surface area (Å²) in [6.07, 6.45) is 0. The highest BCUT2D eigenvalue weighted by Crippen LogP contribution is 2.26. The van der Waals surface area contributed by atoms with Crippen LogP contribution in [0.5, 0.6) is 0 Å². The van der Waals surface area contributed by atoms with Crippen molar-refractivity contribution >= 4 is 44.9 Å². The summed E-state index contributed by atoms with van der Waals surface area (Å²) >= 11 is 6.19. The Morgan fingerprint density at radius 3 is 2.23 bits per heavy atom. The highest BCUT2D eigenvalue weighted by atomic mass is 35.5. The number of methoxy groups -OCH3 is 1. The molecule has 7 nitrogen and oxygen atoms in total. The molecule has 0 fully saturated rings. The lowest BCUT2D eigenvalue weighted by Gasteiger charge is -2.12. The largest absolute Gasteiger partial charge is 0.465 e. The topological polar surface area (TPSA) is 102 Å². The summed E-state index contributed by atoms with van der Waals surface area (Å²) in [6, 6.07) is 18.4. The van der Waals surface area contributed by atoms with Crippen LogP contribution in [0.1, 0.15) is 20.7 Å². The van der Waals surface area contributed by atoms with E-state index in [9.17, 15) is 18.0 Å². The molecule has 3 aromatic rings. The van der Waals surface area contributed by atoms with Crippen molar-refractivity contribution < 1.29 is 22.7 Å². The lowest BCUT2D eigenvalue weighted by Crippen LogP contribution is -2.16. The number of hydrogen-bond donors (Lipinski definition) is 2. The predicted octanol–water partition coefficient (Wildman–Crippen LogP) is 4.18. The van der Waals surface area contributed by atoms with Crippen molar-refractivity contribution in [2.24, 2.45) is 0 Å². The number of amides is 1. The maximum atomic E-state index is 12.6. The van der Waals surface area contributed by atoms with Crippen molar-refractivity contribution in [3.05, 3.63) is 88.9 Å². The number of esters is 1. The van der Waals surface area contributed by atoms with Crippen LogP contribution in [-0.2, 0) is 14.8 Å². The number of rotatable bonds is 6. The van der Waals surface area contributed by atoms with Crippen LogP contribution in [0, 0.1) is 0 Å². The molecule has 0 heterocycles. The molecule has 0 atom stereocenters. The maximum absolute atomic E-state index is 12.6. The van der Waals surface area contributed by atoms with Crippen molar-refractivity contribution in [3.63, 3.8) is 0 Å². The second-order valence-electron chi connectivity index (χ2n) is 6.10. The number of halogens is 1. The standard InChI is InChI=1S/C21H17ClN2O5S/c1-29-21(26)16-9-5-6-10-18(16)23-20(25)14-11-12-19(17(22)13-14)24-30(27,28)15-7-3-2-4-8-15/h2-13,24H,1H3,(H,23,25). The fourth-order valence-electron chi connectivity index (χ4n) is 2.62. The molecule has 0 aliphatic carbocycles. The molecule has 3 aromatic carbocycles. The summed E-state index contributed by atoms with van der Waals surface area (Å²) in [4.78, 5) is 24.5. The van der Waals surface area contributed by atoms with E-state index in [2.05, 4.69) is 10.0 Å². The van der Waals surface area contributed by atoms with Crippen LogP contribution < -0.4 is 10.0 Å². The van der Waals surface area contributed by atoms with Crippen molar-refractivity contribution in [1.29, 1.82) is 0 Å². The third-order valence-corrected chi connectivity index (χ3v) is 5.80. The highest BCUT2D eigenvalue weighted by Gasteiger charge is 2.18. The average molecular weight is 445 g/mol. The normalized spacial score (nSPS) is 10.9. The van der Waals surface area contributed by atoms with E-state index in [-0.39, 0.29) is 32.4 Å². The smallest absolute Gasteiger partial charge is 0.339 e. The van der Waals surface area contributed by atoms with Gasteiger partial charge >= 0.3 is 5.97 Å². The van der Waals surface area contributed by atoms with Gasteiger partial charge in [-0.15, -0.1) is 0 Å². The van der Waals surface area contributed by atoms with Gasteiger partial charge in [0.15, 0.2) is 0 Å². The van der Waals surface area contributed by atoms with Gasteiger partial charge in [-0.05, 0) is 42.5 Å². The Morgan fingerprint density at radius 2 is 1.57 bits per heavy atom. The van der Waals surface area contributed by atoms with Crippen molar-refractivity contribution in [1.82, 2.24) is 0 Å². The molecule has 0 aliphatic rings. The molecule has 30 heavy (non-hydrogen) atoms. The molecule has 1 amide bonds. The molecule has 0 saturated carbocycles. The van der Waals surface area contributed by atoms with Crippen LogP contribution in [0.2, 0.25) is 5.02 Å². The number of carbonyl (C=O) groups excluding carboxylic acids is 2. The van der Waals surface area contributed by atoms with E-state index in [1.807, 2.05) is 0 Å². The first-order chi connectivity index (χ1) is 14.3. The lowest BCUT2D eigenvalue weighted by atomic mass is 10.1. The average Bonchev–Trinajstić information content (AvgIpc) is 2.75. The van der Waals surface area contributed by atoms with Gasteiger partial charge in [-0.2, -0.15) is 0 Å². The minimum Gasteiger partial charge on any atom is -0.465 e. The van der Waals surface area contributed by atoms with E-state index in [1.54, 1.807) is 36.4 Å². The van der Waals surface area contributed by atoms with Gasteiger partial charge in [-0.1, -0.05) is 41.9 Å². The Labute approximate surface area is 178 Å². The molecule has 154 valence electrons. The molecule has 0 bridgehead atoms. The van der Waals surface area contributed by atoms with Gasteiger partial charge in [-0.25, -0.2) is 13.2 Å². The Kier molecular flexibility index (Phi) is 6.39. The molecule has 0 aliphatic heterocycles. The highest BCUT2D eigenvalue weighted by molar-refractivity contribution is 7.92. The van der Waals surface area contributed by atoms with Gasteiger partial charge in [0.05, 0.1) is 34.0 Å². The van der Waals surface area contributed by atoms with Gasteiger partial charge < -0.3 is 10.1 Å². The van der Waals surface area contributed by atoms with Crippen LogP contribution in [0.25, 0.3) is 0 Å². The fraction of sp³-hybridized carbons (Fsp3) is 0.0476. The first-order valence-corrected chi connectivity index (χ1v) is 10.5. The lowest BCUT2D eigenvalue weighted by molar-refractivity contribution is 0.0602. The summed E-state index contributed by atoms with van der Waals surface area (Å²) in [5.74, 6) is -1.11. The molecule has 2 N–H and O–H groups in total. The van der Waals surface area contributed by atoms with E-state index < -0.39 is 21.9 Å². The molecule has 3 rings (SSSR count). The molecule has 0 radical (unpaired) electrons. The summed E-state index contributed by atoms with van der Waals surface area (Å²) in [7, 11) is -2.58. The van der Waals surface area contributed by atoms with Gasteiger partial charge in [0.2, 0.25) is 0 Å². The molecule has 0 unspecified atom stereocenters. The second kappa shape index (κ2) is 8.98. The molecular weight excluding hydrogens is 428 g/mol. The Bertz CT molecular complexity index is 1200. The minimum atomic E-state index is -3.82. The fourth-order valence-corrected chi connectivity index (χ4v) is 4.00. The number of anilines is 2. The van der Waals surface area contributed by atoms with E-state index in [1.165, 1.54) is 43.5 Å². The zero-order valence-electron chi connectivity index (χ0n) is 15.8. The number of carbonyl (C=O) groups is 2. The first kappa shape index (κ1) is 21.4. The predicted molar refractivity (Wildman–Crippen MR) is 114 cm³/mol. The Morgan fingerprint density at radius 1 is 0.900 bits per heavy atom. The zero-order valence-corrected chi connectivity index (χ0v) is 17.3. The van der Waals surface area contributed by atoms with Crippen LogP contribution in [0.3, 0.4) is 0 Å². The molecule has 9 heteroatoms. The van der Waals surface area contributed by atoms with Gasteiger partial charge in [0, 0.05) is 5.56 Å². The second-order valence-corrected chi connectivity index (χ2v) is 8.19. The van der Waals surface area contributed by atoms with Gasteiger partial charge in [-0.3, -0.25) is 9.52 Å². The number of ether oxygens (including phenoxy) is 1. The van der Waals surface area contributed by atoms with Gasteiger partial charge in [0.25, 0.3) is 15.9 Å². The third-order valence-electron chi connectivity index (χ3n) is 4.11. The monoisotopic (exact) mass is 444 g/mol. The summed E-state index contributed by atoms with van der Waals surface area (Å²) in [5, 5.41) is 2.67. The van der Waals surface area contributed by atoms with E-state index >= 15 is 0 Å². The number of para-hydroxylation sites is 1. The molecule has 0 aromatic heterocycles. The SMILES string of the molecule is COC(=O)c1ccccc1NC(=O)c1ccc(NS(=O)(=O)c2ccccc2)c(Cl)c1. The Balaban J connectivity index is 1.81. The van der Waals surface area contributed by atoms with Crippen LogP contribution in [-0.4, -0.2) is 27.4 Å². The van der Waals surface area contributed by atoms with Crippen molar-refractivity contribution in [3.8, 4) is 0 Å². The van der Waals surface area contributed by atoms with Crippen LogP contribution >= 0.6 is 11.6 Å². The third kappa shape index (κ3) is 4.79. The van der Waals surface area contributed by atoms with Crippen molar-refractivity contribution in [2.75, 3.05) is 17.1 Å². The zero-order chi connectivity index (χ0) is 21.7. The minimum absolute atomic E-state index is 0.0448. The van der Waals surface area contributed by atoms with Crippen molar-refractivity contribution in [2.45, 2.75) is 4.90 Å². The number of benzene rings is 3. The first-order valence-electron chi connectivity index (χ1n) is 8.68. The quantitative estimate of drug-likeness (QED) is 0.555. The summed E-state index contributed by atoms with van der Waals surface area (Å²) in [6.45, 7) is 0. The van der Waals surface area contributed by atoms with Gasteiger partial charge in [0.1, 0.15) is 0 Å². The van der Waals surface area contributed by atoms with Crippen LogP contribution in [0.15, 0.2) is 77.7 Å². The summed E-state index contributed by atoms with van der Waals surface area (Å²) < 4.78 is 32.0. The number of sulfonamides is 1. The van der Waals surface area contributed by atoms with E-state index in [0.29, 0.717) is 0 Å². The van der Waals surface area contributed by atoms with E-state index in [4.69, 9.17) is 16.3 Å². The Hall–Kier alpha value is -3.36. The van der Waals surface area contributed by atoms with E-state index in [0.717, 1.165) is 0 Å². The number of hydrogen-bond acceptors (Lipinski definition) is 5. The number of nitrogens with one attached hydrogen (secondary N) is 2. The molecular formula is C21H17ClN2O5S. The molecule has 0 saturated heterocycles. The van der Waals surface area contributed by atoms with Crippen LogP contribution in [0.4, 0.5) is 11.4 Å².